The third kappa shape index (κ3) is 7.11. The van der Waals surface area contributed by atoms with Crippen molar-refractivity contribution in [1.82, 2.24) is 5.32 Å². The highest BCUT2D eigenvalue weighted by Gasteiger charge is 2.10. The highest BCUT2D eigenvalue weighted by atomic mass is 16.5. The Morgan fingerprint density at radius 1 is 1.14 bits per heavy atom. The van der Waals surface area contributed by atoms with Gasteiger partial charge in [0.05, 0.1) is 5.69 Å². The first-order valence-corrected chi connectivity index (χ1v) is 7.67. The van der Waals surface area contributed by atoms with Crippen LogP contribution in [0.3, 0.4) is 0 Å². The van der Waals surface area contributed by atoms with E-state index < -0.39 is 0 Å². The lowest BCUT2D eigenvalue weighted by Crippen LogP contribution is -2.36. The van der Waals surface area contributed by atoms with E-state index in [4.69, 9.17) is 4.74 Å². The van der Waals surface area contributed by atoms with Crippen LogP contribution in [0, 0.1) is 5.92 Å². The van der Waals surface area contributed by atoms with Crippen molar-refractivity contribution in [1.29, 1.82) is 0 Å². The summed E-state index contributed by atoms with van der Waals surface area (Å²) in [7, 11) is 0. The summed E-state index contributed by atoms with van der Waals surface area (Å²) in [6.07, 6.45) is 2.03. The number of rotatable bonds is 8. The monoisotopic (exact) mass is 306 g/mol. The minimum absolute atomic E-state index is 0.0668. The van der Waals surface area contributed by atoms with E-state index in [1.807, 2.05) is 6.92 Å². The normalized spacial score (nSPS) is 11.9. The molecule has 122 valence electrons. The van der Waals surface area contributed by atoms with Gasteiger partial charge in [0.15, 0.2) is 6.61 Å². The Balaban J connectivity index is 2.45. The Hall–Kier alpha value is -2.04. The van der Waals surface area contributed by atoms with Gasteiger partial charge in [-0.3, -0.25) is 9.59 Å². The molecule has 5 heteroatoms. The number of carbonyl (C=O) groups excluding carboxylic acids is 2. The van der Waals surface area contributed by atoms with Gasteiger partial charge < -0.3 is 15.4 Å². The van der Waals surface area contributed by atoms with Crippen LogP contribution in [0.4, 0.5) is 5.69 Å². The van der Waals surface area contributed by atoms with E-state index in [1.165, 1.54) is 6.92 Å². The molecule has 0 fully saturated rings. The van der Waals surface area contributed by atoms with E-state index in [1.54, 1.807) is 24.3 Å². The minimum Gasteiger partial charge on any atom is -0.482 e. The molecule has 22 heavy (non-hydrogen) atoms. The van der Waals surface area contributed by atoms with Crippen LogP contribution >= 0.6 is 0 Å². The average Bonchev–Trinajstić information content (AvgIpc) is 2.43. The molecule has 0 aliphatic carbocycles. The molecule has 0 bridgehead atoms. The zero-order valence-electron chi connectivity index (χ0n) is 13.8. The molecule has 1 aromatic carbocycles. The van der Waals surface area contributed by atoms with Gasteiger partial charge in [0.1, 0.15) is 5.75 Å². The molecule has 0 spiro atoms. The van der Waals surface area contributed by atoms with Gasteiger partial charge in [-0.15, -0.1) is 0 Å². The summed E-state index contributed by atoms with van der Waals surface area (Å²) in [6.45, 7) is 7.68. The summed E-state index contributed by atoms with van der Waals surface area (Å²) in [4.78, 5) is 23.0. The van der Waals surface area contributed by atoms with Crippen LogP contribution in [0.1, 0.15) is 40.5 Å². The number of ether oxygens (including phenoxy) is 1. The molecule has 0 aliphatic heterocycles. The van der Waals surface area contributed by atoms with Crippen molar-refractivity contribution in [2.45, 2.75) is 46.6 Å². The molecule has 0 aromatic heterocycles. The van der Waals surface area contributed by atoms with Gasteiger partial charge in [0.25, 0.3) is 5.91 Å². The third-order valence-corrected chi connectivity index (χ3v) is 3.14. The molecular formula is C17H26N2O3. The third-order valence-electron chi connectivity index (χ3n) is 3.14. The number of hydrogen-bond donors (Lipinski definition) is 2. The van der Waals surface area contributed by atoms with Crippen LogP contribution in [-0.4, -0.2) is 24.5 Å². The van der Waals surface area contributed by atoms with Crippen LogP contribution < -0.4 is 15.4 Å². The van der Waals surface area contributed by atoms with E-state index >= 15 is 0 Å². The highest BCUT2D eigenvalue weighted by Crippen LogP contribution is 2.23. The van der Waals surface area contributed by atoms with E-state index in [-0.39, 0.29) is 24.5 Å². The van der Waals surface area contributed by atoms with E-state index in [0.29, 0.717) is 17.4 Å². The van der Waals surface area contributed by atoms with Crippen molar-refractivity contribution in [3.8, 4) is 5.75 Å². The molecule has 0 aliphatic rings. The van der Waals surface area contributed by atoms with Gasteiger partial charge in [0.2, 0.25) is 5.91 Å². The number of amides is 2. The number of anilines is 1. The number of benzene rings is 1. The molecule has 1 atom stereocenters. The van der Waals surface area contributed by atoms with Gasteiger partial charge in [-0.05, 0) is 37.8 Å². The Morgan fingerprint density at radius 3 is 2.45 bits per heavy atom. The lowest BCUT2D eigenvalue weighted by atomic mass is 10.0. The molecule has 2 N–H and O–H groups in total. The average molecular weight is 306 g/mol. The summed E-state index contributed by atoms with van der Waals surface area (Å²) in [5.74, 6) is 0.777. The minimum atomic E-state index is -0.178. The fourth-order valence-corrected chi connectivity index (χ4v) is 2.00. The van der Waals surface area contributed by atoms with Crippen molar-refractivity contribution in [2.24, 2.45) is 5.92 Å². The molecule has 1 rings (SSSR count). The number of nitrogens with one attached hydrogen (secondary N) is 2. The Bertz CT molecular complexity index is 500. The number of hydrogen-bond acceptors (Lipinski definition) is 3. The smallest absolute Gasteiger partial charge is 0.258 e. The fourth-order valence-electron chi connectivity index (χ4n) is 2.00. The molecule has 0 radical (unpaired) electrons. The molecule has 5 nitrogen and oxygen atoms in total. The van der Waals surface area contributed by atoms with Crippen LogP contribution in [0.15, 0.2) is 24.3 Å². The predicted molar refractivity (Wildman–Crippen MR) is 87.9 cm³/mol. The topological polar surface area (TPSA) is 67.4 Å². The largest absolute Gasteiger partial charge is 0.482 e. The quantitative estimate of drug-likeness (QED) is 0.776. The van der Waals surface area contributed by atoms with Gasteiger partial charge >= 0.3 is 0 Å². The van der Waals surface area contributed by atoms with Gasteiger partial charge in [0, 0.05) is 13.0 Å². The van der Waals surface area contributed by atoms with Crippen LogP contribution in [0.2, 0.25) is 0 Å². The maximum Gasteiger partial charge on any atom is 0.258 e. The van der Waals surface area contributed by atoms with Gasteiger partial charge in [-0.1, -0.05) is 26.0 Å². The molecular weight excluding hydrogens is 280 g/mol. The standard InChI is InChI=1S/C17H26N2O3/c1-12(2)9-10-13(3)18-17(21)11-22-16-8-6-5-7-15(16)19-14(4)20/h5-8,12-13H,9-11H2,1-4H3,(H,18,21)(H,19,20)/t13-/m0/s1. The first-order valence-electron chi connectivity index (χ1n) is 7.67. The first-order chi connectivity index (χ1) is 10.4. The summed E-state index contributed by atoms with van der Waals surface area (Å²) < 4.78 is 5.50. The van der Waals surface area contributed by atoms with E-state index in [2.05, 4.69) is 24.5 Å². The van der Waals surface area contributed by atoms with Crippen LogP contribution in [0.5, 0.6) is 5.75 Å². The molecule has 0 saturated heterocycles. The SMILES string of the molecule is CC(=O)Nc1ccccc1OCC(=O)N[C@@H](C)CCC(C)C. The lowest BCUT2D eigenvalue weighted by Gasteiger charge is -2.16. The van der Waals surface area contributed by atoms with Crippen LogP contribution in [-0.2, 0) is 9.59 Å². The second-order valence-electron chi connectivity index (χ2n) is 5.91. The van der Waals surface area contributed by atoms with E-state index in [0.717, 1.165) is 12.8 Å². The Morgan fingerprint density at radius 2 is 1.82 bits per heavy atom. The van der Waals surface area contributed by atoms with Crippen LogP contribution in [0.25, 0.3) is 0 Å². The summed E-state index contributed by atoms with van der Waals surface area (Å²) in [5, 5.41) is 5.59. The maximum atomic E-state index is 11.9. The summed E-state index contributed by atoms with van der Waals surface area (Å²) in [6, 6.07) is 7.18. The van der Waals surface area contributed by atoms with Crippen molar-refractivity contribution >= 4 is 17.5 Å². The second kappa shape index (κ2) is 9.07. The number of carbonyl (C=O) groups is 2. The molecule has 0 heterocycles. The molecule has 0 saturated carbocycles. The van der Waals surface area contributed by atoms with E-state index in [9.17, 15) is 9.59 Å². The van der Waals surface area contributed by atoms with Crippen molar-refractivity contribution < 1.29 is 14.3 Å². The molecule has 2 amide bonds. The highest BCUT2D eigenvalue weighted by molar-refractivity contribution is 5.90. The zero-order valence-corrected chi connectivity index (χ0v) is 13.8. The first kappa shape index (κ1) is 18.0. The zero-order chi connectivity index (χ0) is 16.5. The second-order valence-corrected chi connectivity index (χ2v) is 5.91. The molecule has 0 unspecified atom stereocenters. The van der Waals surface area contributed by atoms with Crippen molar-refractivity contribution in [3.05, 3.63) is 24.3 Å². The van der Waals surface area contributed by atoms with Crippen molar-refractivity contribution in [2.75, 3.05) is 11.9 Å². The summed E-state index contributed by atoms with van der Waals surface area (Å²) in [5.41, 5.74) is 0.565. The maximum absolute atomic E-state index is 11.9. The fraction of sp³-hybridized carbons (Fsp3) is 0.529. The van der Waals surface area contributed by atoms with Crippen molar-refractivity contribution in [3.63, 3.8) is 0 Å². The van der Waals surface area contributed by atoms with Gasteiger partial charge in [-0.2, -0.15) is 0 Å². The summed E-state index contributed by atoms with van der Waals surface area (Å²) >= 11 is 0. The predicted octanol–water partition coefficient (Wildman–Crippen LogP) is 2.96. The lowest BCUT2D eigenvalue weighted by molar-refractivity contribution is -0.123. The Kier molecular flexibility index (Phi) is 7.43. The van der Waals surface area contributed by atoms with Gasteiger partial charge in [-0.25, -0.2) is 0 Å². The Labute approximate surface area is 132 Å². The molecule has 1 aromatic rings. The number of para-hydroxylation sites is 2.